The number of rotatable bonds is 5. The van der Waals surface area contributed by atoms with Gasteiger partial charge in [0.2, 0.25) is 0 Å². The Labute approximate surface area is 173 Å². The highest BCUT2D eigenvalue weighted by atomic mass is 32.1. The molecule has 1 amide bonds. The number of aromatic nitrogens is 3. The van der Waals surface area contributed by atoms with Gasteiger partial charge in [0.05, 0.1) is 28.0 Å². The van der Waals surface area contributed by atoms with Crippen LogP contribution in [0.25, 0.3) is 10.2 Å². The van der Waals surface area contributed by atoms with Crippen LogP contribution in [0.5, 0.6) is 5.75 Å². The summed E-state index contributed by atoms with van der Waals surface area (Å²) in [6.07, 6.45) is 5.76. The molecular formula is C21H24N4O3S. The molecule has 0 radical (unpaired) electrons. The van der Waals surface area contributed by atoms with Crippen LogP contribution in [-0.2, 0) is 0 Å². The van der Waals surface area contributed by atoms with E-state index in [0.717, 1.165) is 40.9 Å². The number of methoxy groups -OCH3 is 1. The van der Waals surface area contributed by atoms with Crippen LogP contribution in [-0.4, -0.2) is 39.7 Å². The highest BCUT2D eigenvalue weighted by Gasteiger charge is 2.25. The van der Waals surface area contributed by atoms with Crippen LogP contribution < -0.4 is 10.1 Å². The summed E-state index contributed by atoms with van der Waals surface area (Å²) in [6.45, 7) is 2.02. The molecule has 0 saturated heterocycles. The Hall–Kier alpha value is -2.58. The first-order valence-electron chi connectivity index (χ1n) is 9.77. The molecule has 2 aromatic heterocycles. The lowest BCUT2D eigenvalue weighted by Crippen LogP contribution is -2.15. The summed E-state index contributed by atoms with van der Waals surface area (Å²) < 4.78 is 6.50. The molecule has 0 aliphatic heterocycles. The van der Waals surface area contributed by atoms with E-state index in [2.05, 4.69) is 15.3 Å². The fourth-order valence-electron chi connectivity index (χ4n) is 3.77. The summed E-state index contributed by atoms with van der Waals surface area (Å²) in [4.78, 5) is 25.6. The zero-order valence-corrected chi connectivity index (χ0v) is 17.3. The van der Waals surface area contributed by atoms with Crippen molar-refractivity contribution in [2.75, 3.05) is 19.0 Å². The van der Waals surface area contributed by atoms with Crippen molar-refractivity contribution in [3.63, 3.8) is 0 Å². The lowest BCUT2D eigenvalue weighted by atomic mass is 9.83. The minimum Gasteiger partial charge on any atom is -0.494 e. The number of anilines is 1. The van der Waals surface area contributed by atoms with Crippen molar-refractivity contribution < 1.29 is 14.6 Å². The van der Waals surface area contributed by atoms with Crippen molar-refractivity contribution in [3.8, 4) is 5.75 Å². The first-order chi connectivity index (χ1) is 14.1. The number of ether oxygens (including phenoxy) is 1. The van der Waals surface area contributed by atoms with Crippen molar-refractivity contribution in [2.24, 2.45) is 5.92 Å². The number of hydrogen-bond donors (Lipinski definition) is 2. The van der Waals surface area contributed by atoms with Gasteiger partial charge in [0.25, 0.3) is 5.91 Å². The Morgan fingerprint density at radius 3 is 2.76 bits per heavy atom. The van der Waals surface area contributed by atoms with Gasteiger partial charge in [0.1, 0.15) is 17.3 Å². The molecule has 2 heterocycles. The molecule has 2 N–H and O–H groups in total. The Balaban J connectivity index is 1.59. The van der Waals surface area contributed by atoms with E-state index >= 15 is 0 Å². The van der Waals surface area contributed by atoms with Gasteiger partial charge >= 0.3 is 0 Å². The summed E-state index contributed by atoms with van der Waals surface area (Å²) in [7, 11) is 1.58. The number of amides is 1. The molecule has 1 aliphatic rings. The van der Waals surface area contributed by atoms with Crippen LogP contribution in [0.4, 0.5) is 5.69 Å². The van der Waals surface area contributed by atoms with Crippen LogP contribution in [0.1, 0.15) is 52.9 Å². The molecule has 7 nitrogen and oxygen atoms in total. The van der Waals surface area contributed by atoms with E-state index in [1.165, 1.54) is 0 Å². The summed E-state index contributed by atoms with van der Waals surface area (Å²) >= 11 is 1.67. The highest BCUT2D eigenvalue weighted by molar-refractivity contribution is 7.18. The van der Waals surface area contributed by atoms with E-state index in [9.17, 15) is 9.90 Å². The van der Waals surface area contributed by atoms with Crippen LogP contribution in [0, 0.1) is 12.8 Å². The number of nitrogens with zero attached hydrogens (tertiary/aromatic N) is 3. The van der Waals surface area contributed by atoms with Gasteiger partial charge in [-0.1, -0.05) is 0 Å². The van der Waals surface area contributed by atoms with E-state index in [-0.39, 0.29) is 12.5 Å². The molecular weight excluding hydrogens is 388 g/mol. The van der Waals surface area contributed by atoms with Gasteiger partial charge < -0.3 is 15.2 Å². The van der Waals surface area contributed by atoms with Crippen LogP contribution >= 0.6 is 11.3 Å². The van der Waals surface area contributed by atoms with E-state index in [0.29, 0.717) is 34.8 Å². The Morgan fingerprint density at radius 1 is 1.28 bits per heavy atom. The summed E-state index contributed by atoms with van der Waals surface area (Å²) in [5.41, 5.74) is 1.78. The number of aliphatic hydroxyl groups excluding tert-OH is 1. The molecule has 0 spiro atoms. The van der Waals surface area contributed by atoms with Gasteiger partial charge in [0.15, 0.2) is 0 Å². The normalized spacial score (nSPS) is 19.3. The molecule has 3 aromatic rings. The van der Waals surface area contributed by atoms with Gasteiger partial charge in [-0.05, 0) is 50.7 Å². The molecule has 1 fully saturated rings. The molecule has 29 heavy (non-hydrogen) atoms. The standard InChI is InChI=1S/C21H24N4O3S/c1-12-22-8-7-15(23-12)20(27)24-16-10-19-17(9-18(16)28-2)25-21(29-19)14-5-3-13(11-26)4-6-14/h7-10,13-14,26H,3-6,11H2,1-2H3,(H,24,27). The predicted octanol–water partition coefficient (Wildman–Crippen LogP) is 3.92. The third-order valence-corrected chi connectivity index (χ3v) is 6.62. The average Bonchev–Trinajstić information content (AvgIpc) is 3.16. The molecule has 1 saturated carbocycles. The van der Waals surface area contributed by atoms with E-state index in [1.54, 1.807) is 37.6 Å². The van der Waals surface area contributed by atoms with Gasteiger partial charge in [-0.25, -0.2) is 15.0 Å². The molecule has 8 heteroatoms. The molecule has 4 rings (SSSR count). The monoisotopic (exact) mass is 412 g/mol. The number of carbonyl (C=O) groups excluding carboxylic acids is 1. The van der Waals surface area contributed by atoms with E-state index in [1.807, 2.05) is 12.1 Å². The molecule has 1 aromatic carbocycles. The van der Waals surface area contributed by atoms with Crippen molar-refractivity contribution >= 4 is 33.1 Å². The third kappa shape index (κ3) is 4.23. The topological polar surface area (TPSA) is 97.2 Å². The summed E-state index contributed by atoms with van der Waals surface area (Å²) in [5.74, 6) is 1.66. The van der Waals surface area contributed by atoms with Crippen molar-refractivity contribution in [1.82, 2.24) is 15.0 Å². The first-order valence-corrected chi connectivity index (χ1v) is 10.6. The largest absolute Gasteiger partial charge is 0.494 e. The maximum atomic E-state index is 12.6. The number of fused-ring (bicyclic) bond motifs is 1. The smallest absolute Gasteiger partial charge is 0.274 e. The van der Waals surface area contributed by atoms with Gasteiger partial charge in [-0.2, -0.15) is 0 Å². The number of aryl methyl sites for hydroxylation is 1. The highest BCUT2D eigenvalue weighted by Crippen LogP contribution is 2.41. The average molecular weight is 413 g/mol. The number of hydrogen-bond acceptors (Lipinski definition) is 7. The molecule has 152 valence electrons. The van der Waals surface area contributed by atoms with Crippen molar-refractivity contribution in [2.45, 2.75) is 38.5 Å². The second kappa shape index (κ2) is 8.42. The minimum atomic E-state index is -0.305. The number of thiazole rings is 1. The van der Waals surface area contributed by atoms with Gasteiger partial charge in [0, 0.05) is 24.8 Å². The second-order valence-electron chi connectivity index (χ2n) is 7.42. The van der Waals surface area contributed by atoms with Crippen LogP contribution in [0.3, 0.4) is 0 Å². The number of aliphatic hydroxyl groups is 1. The molecule has 0 bridgehead atoms. The summed E-state index contributed by atoms with van der Waals surface area (Å²) in [5, 5.41) is 13.4. The minimum absolute atomic E-state index is 0.276. The van der Waals surface area contributed by atoms with E-state index in [4.69, 9.17) is 9.72 Å². The predicted molar refractivity (Wildman–Crippen MR) is 113 cm³/mol. The molecule has 0 atom stereocenters. The van der Waals surface area contributed by atoms with Crippen LogP contribution in [0.15, 0.2) is 24.4 Å². The zero-order valence-electron chi connectivity index (χ0n) is 16.5. The fourth-order valence-corrected chi connectivity index (χ4v) is 4.93. The summed E-state index contributed by atoms with van der Waals surface area (Å²) in [6, 6.07) is 5.37. The SMILES string of the molecule is COc1cc2nc(C3CCC(CO)CC3)sc2cc1NC(=O)c1ccnc(C)n1. The Kier molecular flexibility index (Phi) is 5.73. The van der Waals surface area contributed by atoms with Gasteiger partial charge in [-0.15, -0.1) is 11.3 Å². The van der Waals surface area contributed by atoms with Crippen molar-refractivity contribution in [1.29, 1.82) is 0 Å². The third-order valence-electron chi connectivity index (χ3n) is 5.44. The maximum Gasteiger partial charge on any atom is 0.274 e. The second-order valence-corrected chi connectivity index (χ2v) is 8.48. The Morgan fingerprint density at radius 2 is 2.07 bits per heavy atom. The maximum absolute atomic E-state index is 12.6. The van der Waals surface area contributed by atoms with E-state index < -0.39 is 0 Å². The Bertz CT molecular complexity index is 1030. The molecule has 0 unspecified atom stereocenters. The number of nitrogens with one attached hydrogen (secondary N) is 1. The lowest BCUT2D eigenvalue weighted by molar-refractivity contribution is 0.102. The van der Waals surface area contributed by atoms with Gasteiger partial charge in [-0.3, -0.25) is 4.79 Å². The zero-order chi connectivity index (χ0) is 20.4. The fraction of sp³-hybridized carbons (Fsp3) is 0.429. The quantitative estimate of drug-likeness (QED) is 0.659. The van der Waals surface area contributed by atoms with Crippen LogP contribution in [0.2, 0.25) is 0 Å². The number of carbonyl (C=O) groups is 1. The first kappa shape index (κ1) is 19.7. The number of benzene rings is 1. The molecule has 1 aliphatic carbocycles. The van der Waals surface area contributed by atoms with Crippen molar-refractivity contribution in [3.05, 3.63) is 40.9 Å². The lowest BCUT2D eigenvalue weighted by Gasteiger charge is -2.25.